The van der Waals surface area contributed by atoms with E-state index in [1.807, 2.05) is 0 Å². The minimum atomic E-state index is -0.624. The van der Waals surface area contributed by atoms with Crippen LogP contribution in [0.25, 0.3) is 0 Å². The molecule has 0 radical (unpaired) electrons. The van der Waals surface area contributed by atoms with Gasteiger partial charge < -0.3 is 10.5 Å². The number of anilines is 1. The topological polar surface area (TPSA) is 115 Å². The predicted octanol–water partition coefficient (Wildman–Crippen LogP) is 2.24. The molecule has 7 nitrogen and oxygen atoms in total. The van der Waals surface area contributed by atoms with Crippen LogP contribution < -0.4 is 10.5 Å². The molecule has 0 saturated heterocycles. The van der Waals surface area contributed by atoms with Crippen LogP contribution in [0.2, 0.25) is 0 Å². The summed E-state index contributed by atoms with van der Waals surface area (Å²) in [5, 5.41) is 19.5. The summed E-state index contributed by atoms with van der Waals surface area (Å²) in [5.74, 6) is 0.449. The molecule has 1 aromatic carbocycles. The molecule has 2 N–H and O–H groups in total. The van der Waals surface area contributed by atoms with E-state index in [4.69, 9.17) is 15.7 Å². The zero-order valence-corrected chi connectivity index (χ0v) is 9.61. The highest BCUT2D eigenvalue weighted by molar-refractivity contribution is 5.48. The van der Waals surface area contributed by atoms with Crippen molar-refractivity contribution in [1.82, 2.24) is 4.98 Å². The fraction of sp³-hybridized carbons (Fsp3) is 0. The largest absolute Gasteiger partial charge is 0.438 e. The van der Waals surface area contributed by atoms with E-state index >= 15 is 0 Å². The first-order valence-electron chi connectivity index (χ1n) is 5.18. The molecule has 19 heavy (non-hydrogen) atoms. The van der Waals surface area contributed by atoms with E-state index in [0.29, 0.717) is 11.4 Å². The first kappa shape index (κ1) is 12.3. The third-order valence-corrected chi connectivity index (χ3v) is 2.26. The summed E-state index contributed by atoms with van der Waals surface area (Å²) in [6, 6.07) is 9.40. The quantitative estimate of drug-likeness (QED) is 0.511. The van der Waals surface area contributed by atoms with Gasteiger partial charge in [-0.2, -0.15) is 5.26 Å². The van der Waals surface area contributed by atoms with Gasteiger partial charge in [0.05, 0.1) is 4.92 Å². The Kier molecular flexibility index (Phi) is 3.25. The van der Waals surface area contributed by atoms with E-state index in [2.05, 4.69) is 4.98 Å². The van der Waals surface area contributed by atoms with Gasteiger partial charge in [0.2, 0.25) is 5.88 Å². The van der Waals surface area contributed by atoms with Crippen LogP contribution in [0.5, 0.6) is 11.6 Å². The Balaban J connectivity index is 2.33. The molecule has 94 valence electrons. The van der Waals surface area contributed by atoms with Crippen LogP contribution in [0.15, 0.2) is 36.5 Å². The van der Waals surface area contributed by atoms with Crippen LogP contribution >= 0.6 is 0 Å². The lowest BCUT2D eigenvalue weighted by Gasteiger charge is -2.05. The fourth-order valence-corrected chi connectivity index (χ4v) is 1.35. The molecule has 7 heteroatoms. The maximum Gasteiger partial charge on any atom is 0.289 e. The molecule has 0 saturated carbocycles. The van der Waals surface area contributed by atoms with Crippen molar-refractivity contribution in [2.24, 2.45) is 0 Å². The standard InChI is InChI=1S/C12H8N4O3/c13-6-8-5-10(16(17)18)7-15-12(8)19-11-3-1-9(14)2-4-11/h1-5,7H,14H2. The highest BCUT2D eigenvalue weighted by atomic mass is 16.6. The molecular weight excluding hydrogens is 248 g/mol. The first-order chi connectivity index (χ1) is 9.10. The van der Waals surface area contributed by atoms with Crippen molar-refractivity contribution in [2.75, 3.05) is 5.73 Å². The number of hydrogen-bond acceptors (Lipinski definition) is 6. The number of ether oxygens (including phenoxy) is 1. The number of nitrogens with two attached hydrogens (primary N) is 1. The van der Waals surface area contributed by atoms with Crippen molar-refractivity contribution < 1.29 is 9.66 Å². The Morgan fingerprint density at radius 1 is 1.37 bits per heavy atom. The highest BCUT2D eigenvalue weighted by Gasteiger charge is 2.13. The Bertz CT molecular complexity index is 662. The highest BCUT2D eigenvalue weighted by Crippen LogP contribution is 2.25. The third kappa shape index (κ3) is 2.76. The fourth-order valence-electron chi connectivity index (χ4n) is 1.35. The Hall–Kier alpha value is -3.14. The van der Waals surface area contributed by atoms with Crippen molar-refractivity contribution >= 4 is 11.4 Å². The van der Waals surface area contributed by atoms with Crippen LogP contribution in [0.3, 0.4) is 0 Å². The average molecular weight is 256 g/mol. The van der Waals surface area contributed by atoms with Gasteiger partial charge in [-0.3, -0.25) is 10.1 Å². The van der Waals surface area contributed by atoms with Crippen molar-refractivity contribution in [3.63, 3.8) is 0 Å². The predicted molar refractivity (Wildman–Crippen MR) is 66.5 cm³/mol. The first-order valence-corrected chi connectivity index (χ1v) is 5.18. The van der Waals surface area contributed by atoms with Gasteiger partial charge in [0.15, 0.2) is 0 Å². The van der Waals surface area contributed by atoms with Gasteiger partial charge >= 0.3 is 0 Å². The number of nitrogens with zero attached hydrogens (tertiary/aromatic N) is 3. The monoisotopic (exact) mass is 256 g/mol. The molecule has 0 aliphatic rings. The smallest absolute Gasteiger partial charge is 0.289 e. The van der Waals surface area contributed by atoms with Gasteiger partial charge in [-0.15, -0.1) is 0 Å². The van der Waals surface area contributed by atoms with Crippen molar-refractivity contribution in [3.05, 3.63) is 52.2 Å². The third-order valence-electron chi connectivity index (χ3n) is 2.26. The van der Waals surface area contributed by atoms with E-state index in [0.717, 1.165) is 12.3 Å². The van der Waals surface area contributed by atoms with Crippen molar-refractivity contribution in [2.45, 2.75) is 0 Å². The number of nitriles is 1. The summed E-state index contributed by atoms with van der Waals surface area (Å²) in [6.07, 6.45) is 1.04. The maximum absolute atomic E-state index is 10.6. The van der Waals surface area contributed by atoms with E-state index in [1.165, 1.54) is 0 Å². The van der Waals surface area contributed by atoms with Crippen molar-refractivity contribution in [1.29, 1.82) is 5.26 Å². The van der Waals surface area contributed by atoms with Crippen LogP contribution in [0.1, 0.15) is 5.56 Å². The molecule has 2 aromatic rings. The number of rotatable bonds is 3. The van der Waals surface area contributed by atoms with E-state index in [9.17, 15) is 10.1 Å². The SMILES string of the molecule is N#Cc1cc([N+](=O)[O-])cnc1Oc1ccc(N)cc1. The molecule has 1 heterocycles. The van der Waals surface area contributed by atoms with Gasteiger partial charge in [-0.05, 0) is 24.3 Å². The summed E-state index contributed by atoms with van der Waals surface area (Å²) >= 11 is 0. The molecule has 0 aliphatic heterocycles. The number of aromatic nitrogens is 1. The lowest BCUT2D eigenvalue weighted by atomic mass is 10.2. The van der Waals surface area contributed by atoms with E-state index in [1.54, 1.807) is 30.3 Å². The molecular formula is C12H8N4O3. The lowest BCUT2D eigenvalue weighted by Crippen LogP contribution is -1.95. The molecule has 2 rings (SSSR count). The van der Waals surface area contributed by atoms with Gasteiger partial charge in [0, 0.05) is 11.8 Å². The number of nitrogen functional groups attached to an aromatic ring is 1. The number of benzene rings is 1. The second kappa shape index (κ2) is 5.01. The van der Waals surface area contributed by atoms with Crippen LogP contribution in [-0.4, -0.2) is 9.91 Å². The van der Waals surface area contributed by atoms with Crippen LogP contribution in [-0.2, 0) is 0 Å². The van der Waals surface area contributed by atoms with Crippen molar-refractivity contribution in [3.8, 4) is 17.7 Å². The summed E-state index contributed by atoms with van der Waals surface area (Å²) in [5.41, 5.74) is 5.83. The summed E-state index contributed by atoms with van der Waals surface area (Å²) in [4.78, 5) is 13.7. The molecule has 0 fully saturated rings. The number of nitro groups is 1. The Morgan fingerprint density at radius 2 is 2.05 bits per heavy atom. The number of hydrogen-bond donors (Lipinski definition) is 1. The van der Waals surface area contributed by atoms with Crippen LogP contribution in [0.4, 0.5) is 11.4 Å². The molecule has 0 amide bonds. The average Bonchev–Trinajstić information content (AvgIpc) is 2.41. The lowest BCUT2D eigenvalue weighted by molar-refractivity contribution is -0.385. The summed E-state index contributed by atoms with van der Waals surface area (Å²) in [7, 11) is 0. The van der Waals surface area contributed by atoms with Gasteiger partial charge in [0.25, 0.3) is 5.69 Å². The summed E-state index contributed by atoms with van der Waals surface area (Å²) < 4.78 is 5.38. The second-order valence-corrected chi connectivity index (χ2v) is 3.59. The number of pyridine rings is 1. The normalized spacial score (nSPS) is 9.63. The van der Waals surface area contributed by atoms with E-state index < -0.39 is 4.92 Å². The van der Waals surface area contributed by atoms with E-state index in [-0.39, 0.29) is 17.1 Å². The zero-order valence-electron chi connectivity index (χ0n) is 9.61. The molecule has 0 unspecified atom stereocenters. The van der Waals surface area contributed by atoms with Gasteiger partial charge in [0.1, 0.15) is 23.6 Å². The second-order valence-electron chi connectivity index (χ2n) is 3.59. The van der Waals surface area contributed by atoms with Gasteiger partial charge in [-0.1, -0.05) is 0 Å². The molecule has 0 aliphatic carbocycles. The zero-order chi connectivity index (χ0) is 13.8. The van der Waals surface area contributed by atoms with Crippen LogP contribution in [0, 0.1) is 21.4 Å². The van der Waals surface area contributed by atoms with Gasteiger partial charge in [-0.25, -0.2) is 4.98 Å². The maximum atomic E-state index is 10.6. The molecule has 0 spiro atoms. The molecule has 0 bridgehead atoms. The Morgan fingerprint density at radius 3 is 2.63 bits per heavy atom. The minimum Gasteiger partial charge on any atom is -0.438 e. The summed E-state index contributed by atoms with van der Waals surface area (Å²) in [6.45, 7) is 0. The molecule has 1 aromatic heterocycles. The minimum absolute atomic E-state index is 0.00831. The molecule has 0 atom stereocenters. The Labute approximate surface area is 108 Å².